The Bertz CT molecular complexity index is 429. The molecule has 0 N–H and O–H groups in total. The normalized spacial score (nSPS) is 15.6. The highest BCUT2D eigenvalue weighted by Crippen LogP contribution is 2.20. The van der Waals surface area contributed by atoms with Crippen LogP contribution < -0.4 is 0 Å². The summed E-state index contributed by atoms with van der Waals surface area (Å²) in [6, 6.07) is 3.94. The van der Waals surface area contributed by atoms with Crippen molar-refractivity contribution in [2.45, 2.75) is 32.4 Å². The van der Waals surface area contributed by atoms with Gasteiger partial charge in [0.15, 0.2) is 0 Å². The molecular weight excluding hydrogens is 216 g/mol. The van der Waals surface area contributed by atoms with Crippen LogP contribution in [0.4, 0.5) is 0 Å². The molecule has 0 spiro atoms. The molecule has 1 aromatic rings. The third-order valence-corrected chi connectivity index (χ3v) is 3.28. The minimum atomic E-state index is -0.750. The van der Waals surface area contributed by atoms with E-state index in [0.717, 1.165) is 24.2 Å². The maximum Gasteiger partial charge on any atom is 0.254 e. The first-order valence-electron chi connectivity index (χ1n) is 5.82. The quantitative estimate of drug-likeness (QED) is 0.776. The zero-order chi connectivity index (χ0) is 12.5. The summed E-state index contributed by atoms with van der Waals surface area (Å²) < 4.78 is 5.23. The van der Waals surface area contributed by atoms with Gasteiger partial charge in [-0.05, 0) is 25.5 Å². The van der Waals surface area contributed by atoms with E-state index in [9.17, 15) is 4.79 Å². The highest BCUT2D eigenvalue weighted by atomic mass is 16.5. The Labute approximate surface area is 102 Å². The van der Waals surface area contributed by atoms with Gasteiger partial charge >= 0.3 is 0 Å². The summed E-state index contributed by atoms with van der Waals surface area (Å²) in [6.07, 6.45) is 2.62. The van der Waals surface area contributed by atoms with Gasteiger partial charge in [-0.1, -0.05) is 6.07 Å². The van der Waals surface area contributed by atoms with Crippen LogP contribution in [0, 0.1) is 0 Å². The van der Waals surface area contributed by atoms with Crippen LogP contribution in [0.2, 0.25) is 0 Å². The summed E-state index contributed by atoms with van der Waals surface area (Å²) in [5, 5.41) is 0. The van der Waals surface area contributed by atoms with E-state index >= 15 is 0 Å². The van der Waals surface area contributed by atoms with Gasteiger partial charge in [0.1, 0.15) is 5.60 Å². The average molecular weight is 234 g/mol. The van der Waals surface area contributed by atoms with Crippen LogP contribution in [0.3, 0.4) is 0 Å². The lowest BCUT2D eigenvalue weighted by Gasteiger charge is -2.34. The molecule has 1 aliphatic rings. The van der Waals surface area contributed by atoms with Gasteiger partial charge in [-0.15, -0.1) is 0 Å². The monoisotopic (exact) mass is 234 g/mol. The summed E-state index contributed by atoms with van der Waals surface area (Å²) in [6.45, 7) is 4.95. The number of pyridine rings is 1. The fourth-order valence-corrected chi connectivity index (χ4v) is 2.01. The van der Waals surface area contributed by atoms with Gasteiger partial charge in [-0.2, -0.15) is 0 Å². The molecule has 0 aliphatic carbocycles. The molecule has 0 aromatic carbocycles. The number of methoxy groups -OCH3 is 1. The molecule has 4 heteroatoms. The van der Waals surface area contributed by atoms with Crippen molar-refractivity contribution in [3.8, 4) is 0 Å². The molecule has 0 fully saturated rings. The number of nitrogens with zero attached hydrogens (tertiary/aromatic N) is 2. The predicted molar refractivity (Wildman–Crippen MR) is 64.4 cm³/mol. The van der Waals surface area contributed by atoms with Crippen molar-refractivity contribution in [3.05, 3.63) is 29.6 Å². The van der Waals surface area contributed by atoms with Crippen molar-refractivity contribution >= 4 is 5.91 Å². The average Bonchev–Trinajstić information content (AvgIpc) is 2.37. The molecule has 0 radical (unpaired) electrons. The second-order valence-electron chi connectivity index (χ2n) is 4.80. The van der Waals surface area contributed by atoms with E-state index in [2.05, 4.69) is 4.98 Å². The lowest BCUT2D eigenvalue weighted by molar-refractivity contribution is -0.152. The summed E-state index contributed by atoms with van der Waals surface area (Å²) >= 11 is 0. The van der Waals surface area contributed by atoms with Gasteiger partial charge in [0.05, 0.1) is 0 Å². The zero-order valence-electron chi connectivity index (χ0n) is 10.6. The van der Waals surface area contributed by atoms with Crippen LogP contribution in [0.15, 0.2) is 18.3 Å². The van der Waals surface area contributed by atoms with E-state index in [1.54, 1.807) is 27.2 Å². The van der Waals surface area contributed by atoms with Gasteiger partial charge < -0.3 is 9.64 Å². The van der Waals surface area contributed by atoms with Crippen LogP contribution >= 0.6 is 0 Å². The van der Waals surface area contributed by atoms with Crippen LogP contribution in [0.5, 0.6) is 0 Å². The van der Waals surface area contributed by atoms with E-state index in [1.807, 2.05) is 17.0 Å². The molecule has 0 bridgehead atoms. The van der Waals surface area contributed by atoms with E-state index in [4.69, 9.17) is 4.74 Å². The number of ether oxygens (including phenoxy) is 1. The molecule has 2 heterocycles. The zero-order valence-corrected chi connectivity index (χ0v) is 10.6. The number of hydrogen-bond acceptors (Lipinski definition) is 3. The summed E-state index contributed by atoms with van der Waals surface area (Å²) in [4.78, 5) is 18.4. The SMILES string of the molecule is COC(C)(C)C(=O)N1CCc2ncccc2C1. The first kappa shape index (κ1) is 12.0. The van der Waals surface area contributed by atoms with Crippen molar-refractivity contribution in [2.75, 3.05) is 13.7 Å². The molecule has 1 amide bonds. The van der Waals surface area contributed by atoms with E-state index < -0.39 is 5.60 Å². The smallest absolute Gasteiger partial charge is 0.254 e. The van der Waals surface area contributed by atoms with E-state index in [-0.39, 0.29) is 5.91 Å². The number of fused-ring (bicyclic) bond motifs is 1. The molecule has 0 atom stereocenters. The second-order valence-corrected chi connectivity index (χ2v) is 4.80. The van der Waals surface area contributed by atoms with Gasteiger partial charge in [0.25, 0.3) is 5.91 Å². The van der Waals surface area contributed by atoms with E-state index in [0.29, 0.717) is 6.54 Å². The number of aromatic nitrogens is 1. The molecule has 0 unspecified atom stereocenters. The van der Waals surface area contributed by atoms with Crippen molar-refractivity contribution < 1.29 is 9.53 Å². The van der Waals surface area contributed by atoms with Crippen LogP contribution in [-0.2, 0) is 22.5 Å². The van der Waals surface area contributed by atoms with Gasteiger partial charge in [-0.25, -0.2) is 0 Å². The molecule has 2 rings (SSSR count). The molecule has 1 aliphatic heterocycles. The van der Waals surface area contributed by atoms with Crippen LogP contribution in [0.25, 0.3) is 0 Å². The minimum Gasteiger partial charge on any atom is -0.369 e. The second kappa shape index (κ2) is 4.45. The first-order valence-corrected chi connectivity index (χ1v) is 5.82. The summed E-state index contributed by atoms with van der Waals surface area (Å²) in [5.74, 6) is 0.0366. The van der Waals surface area contributed by atoms with Crippen molar-refractivity contribution in [2.24, 2.45) is 0 Å². The Hall–Kier alpha value is -1.42. The summed E-state index contributed by atoms with van der Waals surface area (Å²) in [5.41, 5.74) is 1.49. The highest BCUT2D eigenvalue weighted by Gasteiger charge is 2.33. The fraction of sp³-hybridized carbons (Fsp3) is 0.538. The molecular formula is C13H18N2O2. The van der Waals surface area contributed by atoms with Crippen molar-refractivity contribution in [1.82, 2.24) is 9.88 Å². The fourth-order valence-electron chi connectivity index (χ4n) is 2.01. The van der Waals surface area contributed by atoms with Crippen molar-refractivity contribution in [1.29, 1.82) is 0 Å². The van der Waals surface area contributed by atoms with Crippen LogP contribution in [0.1, 0.15) is 25.1 Å². The van der Waals surface area contributed by atoms with E-state index in [1.165, 1.54) is 0 Å². The summed E-state index contributed by atoms with van der Waals surface area (Å²) in [7, 11) is 1.57. The predicted octanol–water partition coefficient (Wildman–Crippen LogP) is 1.39. The number of rotatable bonds is 2. The molecule has 1 aromatic heterocycles. The number of hydrogen-bond donors (Lipinski definition) is 0. The van der Waals surface area contributed by atoms with Crippen molar-refractivity contribution in [3.63, 3.8) is 0 Å². The van der Waals surface area contributed by atoms with Crippen LogP contribution in [-0.4, -0.2) is 35.0 Å². The lowest BCUT2D eigenvalue weighted by atomic mass is 10.0. The largest absolute Gasteiger partial charge is 0.369 e. The molecule has 0 saturated carbocycles. The molecule has 17 heavy (non-hydrogen) atoms. The highest BCUT2D eigenvalue weighted by molar-refractivity contribution is 5.84. The third-order valence-electron chi connectivity index (χ3n) is 3.28. The topological polar surface area (TPSA) is 42.4 Å². The standard InChI is InChI=1S/C13H18N2O2/c1-13(2,17-3)12(16)15-8-6-11-10(9-15)5-4-7-14-11/h4-5,7H,6,8-9H2,1-3H3. The van der Waals surface area contributed by atoms with Gasteiger partial charge in [0, 0.05) is 38.5 Å². The Balaban J connectivity index is 2.15. The Kier molecular flexibility index (Phi) is 3.15. The van der Waals surface area contributed by atoms with Gasteiger partial charge in [0.2, 0.25) is 0 Å². The Morgan fingerprint density at radius 3 is 3.00 bits per heavy atom. The number of carbonyl (C=O) groups is 1. The minimum absolute atomic E-state index is 0.0366. The maximum absolute atomic E-state index is 12.2. The lowest BCUT2D eigenvalue weighted by Crippen LogP contribution is -2.48. The first-order chi connectivity index (χ1) is 8.04. The maximum atomic E-state index is 12.2. The third kappa shape index (κ3) is 2.31. The van der Waals surface area contributed by atoms with Gasteiger partial charge in [-0.3, -0.25) is 9.78 Å². The number of amides is 1. The molecule has 92 valence electrons. The number of carbonyl (C=O) groups excluding carboxylic acids is 1. The Morgan fingerprint density at radius 1 is 1.53 bits per heavy atom. The molecule has 4 nitrogen and oxygen atoms in total. The molecule has 0 saturated heterocycles. The Morgan fingerprint density at radius 2 is 2.29 bits per heavy atom.